The first-order valence-electron chi connectivity index (χ1n) is 4.29. The molecule has 2 rings (SSSR count). The Kier molecular flexibility index (Phi) is 1.75. The van der Waals surface area contributed by atoms with Gasteiger partial charge in [-0.1, -0.05) is 11.6 Å². The van der Waals surface area contributed by atoms with E-state index in [2.05, 4.69) is 13.0 Å². The predicted molar refractivity (Wildman–Crippen MR) is 45.5 cm³/mol. The third kappa shape index (κ3) is 1.17. The fourth-order valence-electron chi connectivity index (χ4n) is 1.68. The van der Waals surface area contributed by atoms with Gasteiger partial charge in [0.25, 0.3) is 0 Å². The quantitative estimate of drug-likeness (QED) is 0.510. The van der Waals surface area contributed by atoms with Gasteiger partial charge in [-0.05, 0) is 19.4 Å². The Morgan fingerprint density at radius 1 is 1.58 bits per heavy atom. The maximum absolute atomic E-state index is 11.6. The monoisotopic (exact) mass is 164 g/mol. The van der Waals surface area contributed by atoms with Gasteiger partial charge < -0.3 is 4.74 Å². The van der Waals surface area contributed by atoms with Gasteiger partial charge >= 0.3 is 0 Å². The van der Waals surface area contributed by atoms with E-state index in [1.807, 2.05) is 6.08 Å². The van der Waals surface area contributed by atoms with E-state index in [4.69, 9.17) is 4.74 Å². The van der Waals surface area contributed by atoms with Crippen molar-refractivity contribution in [1.29, 1.82) is 0 Å². The molecule has 1 aliphatic carbocycles. The maximum atomic E-state index is 11.6. The van der Waals surface area contributed by atoms with Crippen LogP contribution in [0.5, 0.6) is 0 Å². The van der Waals surface area contributed by atoms with Gasteiger partial charge in [0.05, 0.1) is 6.26 Å². The number of ether oxygens (including phenoxy) is 1. The second-order valence-electron chi connectivity index (χ2n) is 3.45. The summed E-state index contributed by atoms with van der Waals surface area (Å²) in [6.07, 6.45) is 7.07. The van der Waals surface area contributed by atoms with Crippen LogP contribution in [0.25, 0.3) is 0 Å². The Bertz CT molecular complexity index is 263. The summed E-state index contributed by atoms with van der Waals surface area (Å²) >= 11 is 0. The van der Waals surface area contributed by atoms with E-state index in [1.54, 1.807) is 6.26 Å². The van der Waals surface area contributed by atoms with Crippen molar-refractivity contribution < 1.29 is 9.53 Å². The molecule has 0 aromatic heterocycles. The summed E-state index contributed by atoms with van der Waals surface area (Å²) in [5.41, 5.74) is 1.26. The molecule has 0 spiro atoms. The zero-order valence-corrected chi connectivity index (χ0v) is 7.12. The van der Waals surface area contributed by atoms with Crippen molar-refractivity contribution in [1.82, 2.24) is 0 Å². The predicted octanol–water partition coefficient (Wildman–Crippen LogP) is 1.82. The third-order valence-corrected chi connectivity index (χ3v) is 2.46. The van der Waals surface area contributed by atoms with Crippen LogP contribution in [0.4, 0.5) is 0 Å². The molecule has 0 amide bonds. The largest absolute Gasteiger partial charge is 0.490 e. The van der Waals surface area contributed by atoms with Gasteiger partial charge in [0, 0.05) is 12.3 Å². The zero-order valence-electron chi connectivity index (χ0n) is 7.12. The van der Waals surface area contributed by atoms with Gasteiger partial charge in [-0.2, -0.15) is 0 Å². The van der Waals surface area contributed by atoms with Crippen molar-refractivity contribution in [2.24, 2.45) is 5.92 Å². The molecule has 0 saturated heterocycles. The van der Waals surface area contributed by atoms with Crippen LogP contribution in [0, 0.1) is 5.92 Å². The van der Waals surface area contributed by atoms with Crippen LogP contribution in [-0.4, -0.2) is 11.9 Å². The molecule has 2 aliphatic rings. The van der Waals surface area contributed by atoms with Gasteiger partial charge in [0.1, 0.15) is 0 Å². The van der Waals surface area contributed by atoms with Crippen molar-refractivity contribution >= 4 is 5.78 Å². The number of Topliss-reactive ketones (excluding diaryl/α,β-unsaturated/α-hetero) is 1. The van der Waals surface area contributed by atoms with Crippen molar-refractivity contribution in [2.45, 2.75) is 25.9 Å². The first-order valence-corrected chi connectivity index (χ1v) is 4.29. The first kappa shape index (κ1) is 7.59. The topological polar surface area (TPSA) is 26.3 Å². The Morgan fingerprint density at radius 3 is 3.25 bits per heavy atom. The molecule has 2 bridgehead atoms. The molecule has 0 saturated carbocycles. The van der Waals surface area contributed by atoms with E-state index in [9.17, 15) is 4.79 Å². The lowest BCUT2D eigenvalue weighted by Crippen LogP contribution is -2.30. The van der Waals surface area contributed by atoms with Crippen LogP contribution < -0.4 is 0 Å². The van der Waals surface area contributed by atoms with Crippen molar-refractivity contribution in [3.05, 3.63) is 24.0 Å². The fraction of sp³-hybridized carbons (Fsp3) is 0.500. The number of carbonyl (C=O) groups is 1. The smallest absolute Gasteiger partial charge is 0.180 e. The minimum atomic E-state index is -0.209. The van der Waals surface area contributed by atoms with Crippen molar-refractivity contribution in [2.75, 3.05) is 0 Å². The first-order chi connectivity index (χ1) is 5.77. The average molecular weight is 164 g/mol. The van der Waals surface area contributed by atoms with Gasteiger partial charge in [-0.15, -0.1) is 0 Å². The Hall–Kier alpha value is -1.05. The number of allylic oxidation sites excluding steroid dienone is 2. The number of hydrogen-bond acceptors (Lipinski definition) is 2. The van der Waals surface area contributed by atoms with E-state index < -0.39 is 0 Å². The standard InChI is InChI=1S/C10H12O2/c1-7-2-3-8-4-5-12-9(6-7)10(8)11/h2,4-5,8-9H,3,6H2,1H3. The summed E-state index contributed by atoms with van der Waals surface area (Å²) in [6.45, 7) is 2.05. The highest BCUT2D eigenvalue weighted by molar-refractivity contribution is 5.88. The normalized spacial score (nSPS) is 33.8. The summed E-state index contributed by atoms with van der Waals surface area (Å²) in [5, 5.41) is 0. The molecule has 2 atom stereocenters. The van der Waals surface area contributed by atoms with Crippen LogP contribution in [0.3, 0.4) is 0 Å². The Morgan fingerprint density at radius 2 is 2.42 bits per heavy atom. The molecule has 0 N–H and O–H groups in total. The highest BCUT2D eigenvalue weighted by atomic mass is 16.5. The van der Waals surface area contributed by atoms with Gasteiger partial charge in [0.2, 0.25) is 0 Å². The second kappa shape index (κ2) is 2.77. The molecule has 1 heterocycles. The van der Waals surface area contributed by atoms with Crippen LogP contribution in [0.2, 0.25) is 0 Å². The number of hydrogen-bond donors (Lipinski definition) is 0. The minimum Gasteiger partial charge on any atom is -0.490 e. The molecular weight excluding hydrogens is 152 g/mol. The van der Waals surface area contributed by atoms with E-state index in [1.165, 1.54) is 5.57 Å². The lowest BCUT2D eigenvalue weighted by Gasteiger charge is -2.20. The van der Waals surface area contributed by atoms with Crippen molar-refractivity contribution in [3.8, 4) is 0 Å². The molecule has 12 heavy (non-hydrogen) atoms. The van der Waals surface area contributed by atoms with Gasteiger partial charge in [0.15, 0.2) is 11.9 Å². The Labute approximate surface area is 71.9 Å². The van der Waals surface area contributed by atoms with E-state index in [-0.39, 0.29) is 17.8 Å². The molecule has 0 fully saturated rings. The SMILES string of the molecule is CC1=CCC2C=COC(C1)C2=O. The van der Waals surface area contributed by atoms with E-state index >= 15 is 0 Å². The molecule has 0 radical (unpaired) electrons. The lowest BCUT2D eigenvalue weighted by molar-refractivity contribution is -0.131. The van der Waals surface area contributed by atoms with E-state index in [0.717, 1.165) is 12.8 Å². The van der Waals surface area contributed by atoms with Crippen LogP contribution in [-0.2, 0) is 9.53 Å². The zero-order chi connectivity index (χ0) is 8.55. The molecule has 0 aromatic rings. The third-order valence-electron chi connectivity index (χ3n) is 2.46. The van der Waals surface area contributed by atoms with Gasteiger partial charge in [-0.25, -0.2) is 0 Å². The number of ketones is 1. The number of carbonyl (C=O) groups excluding carboxylic acids is 1. The summed E-state index contributed by atoms with van der Waals surface area (Å²) in [4.78, 5) is 11.6. The van der Waals surface area contributed by atoms with Crippen molar-refractivity contribution in [3.63, 3.8) is 0 Å². The maximum Gasteiger partial charge on any atom is 0.180 e. The van der Waals surface area contributed by atoms with Gasteiger partial charge in [-0.3, -0.25) is 4.79 Å². The fourth-order valence-corrected chi connectivity index (χ4v) is 1.68. The number of fused-ring (bicyclic) bond motifs is 2. The summed E-state index contributed by atoms with van der Waals surface area (Å²) in [6, 6.07) is 0. The summed E-state index contributed by atoms with van der Waals surface area (Å²) < 4.78 is 5.24. The molecule has 2 nitrogen and oxygen atoms in total. The van der Waals surface area contributed by atoms with Crippen LogP contribution in [0.1, 0.15) is 19.8 Å². The highest BCUT2D eigenvalue weighted by Gasteiger charge is 2.30. The Balaban J connectivity index is 2.28. The summed E-state index contributed by atoms with van der Waals surface area (Å²) in [5.74, 6) is 0.312. The minimum absolute atomic E-state index is 0.0706. The second-order valence-corrected chi connectivity index (χ2v) is 3.45. The molecule has 0 aromatic carbocycles. The number of rotatable bonds is 0. The van der Waals surface area contributed by atoms with Crippen LogP contribution >= 0.6 is 0 Å². The molecule has 64 valence electrons. The molecular formula is C10H12O2. The summed E-state index contributed by atoms with van der Waals surface area (Å²) in [7, 11) is 0. The lowest BCUT2D eigenvalue weighted by atomic mass is 9.96. The molecule has 1 aliphatic heterocycles. The molecule has 2 unspecified atom stereocenters. The highest BCUT2D eigenvalue weighted by Crippen LogP contribution is 2.26. The van der Waals surface area contributed by atoms with E-state index in [0.29, 0.717) is 0 Å². The van der Waals surface area contributed by atoms with Crippen LogP contribution in [0.15, 0.2) is 24.0 Å². The molecule has 2 heteroatoms. The average Bonchev–Trinajstić information content (AvgIpc) is 2.17.